The Labute approximate surface area is 199 Å². The Kier molecular flexibility index (Phi) is 7.77. The van der Waals surface area contributed by atoms with Gasteiger partial charge in [-0.25, -0.2) is 0 Å². The lowest BCUT2D eigenvalue weighted by Gasteiger charge is -2.38. The fraction of sp³-hybridized carbons (Fsp3) is 0.379. The van der Waals surface area contributed by atoms with E-state index < -0.39 is 6.04 Å². The zero-order valence-corrected chi connectivity index (χ0v) is 19.8. The van der Waals surface area contributed by atoms with Crippen molar-refractivity contribution in [2.24, 2.45) is 0 Å². The molecule has 0 radical (unpaired) electrons. The van der Waals surface area contributed by atoms with E-state index in [-0.39, 0.29) is 19.4 Å². The van der Waals surface area contributed by atoms with Gasteiger partial charge in [0.25, 0.3) is 0 Å². The maximum Gasteiger partial charge on any atom is 0.247 e. The number of carbonyl (C=O) groups is 1. The third-order valence-corrected chi connectivity index (χ3v) is 6.82. The van der Waals surface area contributed by atoms with Crippen LogP contribution >= 0.6 is 0 Å². The molecule has 1 saturated carbocycles. The van der Waals surface area contributed by atoms with Gasteiger partial charge in [-0.2, -0.15) is 0 Å². The normalized spacial score (nSPS) is 16.1. The standard InChI is InChI=1S/C29H35N3O.H2/c1-3-22(2)32(27-18-16-24(17-19-27)23-11-6-4-7-12-23)28(25-13-10-20-30-21-25)29(33)31-26-14-8-5-9-15-26;/h4,6-7,10-13,16-22,26,28H,3,5,8-9,14-15H2,1-2H3,(H,31,33);1H. The third-order valence-electron chi connectivity index (χ3n) is 6.82. The van der Waals surface area contributed by atoms with Crippen molar-refractivity contribution in [3.05, 3.63) is 84.7 Å². The number of pyridine rings is 1. The van der Waals surface area contributed by atoms with Crippen molar-refractivity contribution in [1.82, 2.24) is 10.3 Å². The van der Waals surface area contributed by atoms with Crippen LogP contribution in [-0.2, 0) is 4.79 Å². The summed E-state index contributed by atoms with van der Waals surface area (Å²) in [7, 11) is 0. The number of hydrogen-bond donors (Lipinski definition) is 1. The summed E-state index contributed by atoms with van der Waals surface area (Å²) in [5.74, 6) is 0.0716. The zero-order valence-electron chi connectivity index (χ0n) is 19.8. The molecule has 2 atom stereocenters. The molecule has 1 fully saturated rings. The van der Waals surface area contributed by atoms with E-state index in [9.17, 15) is 4.79 Å². The first kappa shape index (κ1) is 23.0. The van der Waals surface area contributed by atoms with Gasteiger partial charge in [-0.3, -0.25) is 9.78 Å². The molecule has 174 valence electrons. The van der Waals surface area contributed by atoms with Gasteiger partial charge < -0.3 is 10.2 Å². The lowest BCUT2D eigenvalue weighted by atomic mass is 9.94. The van der Waals surface area contributed by atoms with Crippen molar-refractivity contribution in [3.8, 4) is 11.1 Å². The quantitative estimate of drug-likeness (QED) is 0.417. The molecule has 4 heteroatoms. The first-order valence-electron chi connectivity index (χ1n) is 12.3. The van der Waals surface area contributed by atoms with Crippen LogP contribution in [0.5, 0.6) is 0 Å². The minimum absolute atomic E-state index is 0. The Morgan fingerprint density at radius 3 is 2.33 bits per heavy atom. The van der Waals surface area contributed by atoms with Gasteiger partial charge in [0.2, 0.25) is 5.91 Å². The van der Waals surface area contributed by atoms with Crippen LogP contribution in [0.1, 0.15) is 65.4 Å². The molecule has 0 aliphatic heterocycles. The highest BCUT2D eigenvalue weighted by Gasteiger charge is 2.32. The predicted molar refractivity (Wildman–Crippen MR) is 138 cm³/mol. The molecule has 2 aromatic carbocycles. The number of carbonyl (C=O) groups excluding carboxylic acids is 1. The van der Waals surface area contributed by atoms with Crippen molar-refractivity contribution < 1.29 is 6.22 Å². The number of anilines is 1. The van der Waals surface area contributed by atoms with E-state index in [1.54, 1.807) is 6.20 Å². The molecule has 0 spiro atoms. The van der Waals surface area contributed by atoms with Crippen LogP contribution in [0, 0.1) is 0 Å². The summed E-state index contributed by atoms with van der Waals surface area (Å²) < 4.78 is 0. The molecule has 1 amide bonds. The second-order valence-corrected chi connectivity index (χ2v) is 9.11. The molecule has 0 saturated heterocycles. The van der Waals surface area contributed by atoms with E-state index in [0.29, 0.717) is 0 Å². The second-order valence-electron chi connectivity index (χ2n) is 9.11. The fourth-order valence-corrected chi connectivity index (χ4v) is 4.81. The molecule has 0 bridgehead atoms. The summed E-state index contributed by atoms with van der Waals surface area (Å²) in [6, 6.07) is 23.0. The molecule has 1 aliphatic carbocycles. The smallest absolute Gasteiger partial charge is 0.247 e. The highest BCUT2D eigenvalue weighted by atomic mass is 16.2. The fourth-order valence-electron chi connectivity index (χ4n) is 4.81. The van der Waals surface area contributed by atoms with Gasteiger partial charge in [0.15, 0.2) is 0 Å². The van der Waals surface area contributed by atoms with Crippen molar-refractivity contribution in [3.63, 3.8) is 0 Å². The van der Waals surface area contributed by atoms with Crippen LogP contribution in [0.3, 0.4) is 0 Å². The van der Waals surface area contributed by atoms with E-state index >= 15 is 0 Å². The van der Waals surface area contributed by atoms with Gasteiger partial charge in [0.05, 0.1) is 0 Å². The summed E-state index contributed by atoms with van der Waals surface area (Å²) in [6.07, 6.45) is 10.3. The Bertz CT molecular complexity index is 1000. The van der Waals surface area contributed by atoms with E-state index in [2.05, 4.69) is 77.6 Å². The van der Waals surface area contributed by atoms with Crippen LogP contribution in [0.2, 0.25) is 0 Å². The molecule has 1 heterocycles. The SMILES string of the molecule is CCC(C)N(c1ccc(-c2ccccc2)cc1)C(C(=O)NC1CCCCC1)c1cccnc1.[HH]. The van der Waals surface area contributed by atoms with Crippen molar-refractivity contribution >= 4 is 11.6 Å². The molecule has 1 N–H and O–H groups in total. The Morgan fingerprint density at radius 2 is 1.70 bits per heavy atom. The second kappa shape index (κ2) is 11.1. The zero-order chi connectivity index (χ0) is 23.0. The van der Waals surface area contributed by atoms with E-state index in [4.69, 9.17) is 0 Å². The molecule has 33 heavy (non-hydrogen) atoms. The van der Waals surface area contributed by atoms with E-state index in [1.165, 1.54) is 30.4 Å². The Morgan fingerprint density at radius 1 is 1.00 bits per heavy atom. The average Bonchev–Trinajstić information content (AvgIpc) is 2.88. The topological polar surface area (TPSA) is 45.2 Å². The van der Waals surface area contributed by atoms with Crippen LogP contribution in [0.4, 0.5) is 5.69 Å². The van der Waals surface area contributed by atoms with Crippen LogP contribution in [-0.4, -0.2) is 23.0 Å². The molecule has 1 aromatic heterocycles. The van der Waals surface area contributed by atoms with Crippen molar-refractivity contribution in [2.75, 3.05) is 4.90 Å². The minimum Gasteiger partial charge on any atom is -0.353 e. The monoisotopic (exact) mass is 443 g/mol. The van der Waals surface area contributed by atoms with Gasteiger partial charge in [-0.15, -0.1) is 0 Å². The molecule has 1 aliphatic rings. The number of benzene rings is 2. The van der Waals surface area contributed by atoms with Crippen LogP contribution < -0.4 is 10.2 Å². The number of hydrogen-bond acceptors (Lipinski definition) is 3. The van der Waals surface area contributed by atoms with Gasteiger partial charge in [0, 0.05) is 37.2 Å². The summed E-state index contributed by atoms with van der Waals surface area (Å²) in [6.45, 7) is 4.37. The largest absolute Gasteiger partial charge is 0.353 e. The van der Waals surface area contributed by atoms with Gasteiger partial charge in [-0.1, -0.05) is 74.7 Å². The third kappa shape index (κ3) is 5.62. The lowest BCUT2D eigenvalue weighted by molar-refractivity contribution is -0.123. The first-order chi connectivity index (χ1) is 16.2. The summed E-state index contributed by atoms with van der Waals surface area (Å²) in [5, 5.41) is 3.38. The summed E-state index contributed by atoms with van der Waals surface area (Å²) in [4.78, 5) is 20.4. The molecule has 4 nitrogen and oxygen atoms in total. The number of rotatable bonds is 8. The van der Waals surface area contributed by atoms with Crippen LogP contribution in [0.15, 0.2) is 79.1 Å². The highest BCUT2D eigenvalue weighted by Crippen LogP contribution is 2.33. The molecular weight excluding hydrogens is 406 g/mol. The number of nitrogens with zero attached hydrogens (tertiary/aromatic N) is 2. The maximum absolute atomic E-state index is 13.8. The number of nitrogens with one attached hydrogen (secondary N) is 1. The highest BCUT2D eigenvalue weighted by molar-refractivity contribution is 5.87. The predicted octanol–water partition coefficient (Wildman–Crippen LogP) is 6.79. The van der Waals surface area contributed by atoms with E-state index in [1.807, 2.05) is 24.4 Å². The average molecular weight is 444 g/mol. The Balaban J connectivity index is 0.00000324. The molecule has 2 unspecified atom stereocenters. The van der Waals surface area contributed by atoms with Gasteiger partial charge >= 0.3 is 0 Å². The summed E-state index contributed by atoms with van der Waals surface area (Å²) in [5.41, 5.74) is 4.35. The first-order valence-corrected chi connectivity index (χ1v) is 12.3. The number of aromatic nitrogens is 1. The Hall–Kier alpha value is -3.14. The molecular formula is C29H37N3O. The number of amides is 1. The molecule has 3 aromatic rings. The minimum atomic E-state index is -0.418. The van der Waals surface area contributed by atoms with Crippen LogP contribution in [0.25, 0.3) is 11.1 Å². The van der Waals surface area contributed by atoms with Crippen molar-refractivity contribution in [2.45, 2.75) is 70.5 Å². The van der Waals surface area contributed by atoms with Gasteiger partial charge in [0.1, 0.15) is 6.04 Å². The molecule has 4 rings (SSSR count). The summed E-state index contributed by atoms with van der Waals surface area (Å²) >= 11 is 0. The maximum atomic E-state index is 13.8. The van der Waals surface area contributed by atoms with Crippen molar-refractivity contribution in [1.29, 1.82) is 0 Å². The van der Waals surface area contributed by atoms with Gasteiger partial charge in [-0.05, 0) is 55.5 Å². The lowest BCUT2D eigenvalue weighted by Crippen LogP contribution is -2.48. The van der Waals surface area contributed by atoms with E-state index in [0.717, 1.165) is 30.5 Å².